The third-order valence-electron chi connectivity index (χ3n) is 4.20. The molecule has 0 amide bonds. The van der Waals surface area contributed by atoms with E-state index in [1.54, 1.807) is 0 Å². The van der Waals surface area contributed by atoms with Gasteiger partial charge in [0.15, 0.2) is 0 Å². The molecule has 2 rings (SSSR count). The van der Waals surface area contributed by atoms with Crippen molar-refractivity contribution >= 4 is 0 Å². The molecule has 1 aliphatic heterocycles. The smallest absolute Gasteiger partial charge is 0.0622 e. The Bertz CT molecular complexity index is 402. The summed E-state index contributed by atoms with van der Waals surface area (Å²) in [6, 6.07) is 9.69. The normalized spacial score (nSPS) is 20.5. The summed E-state index contributed by atoms with van der Waals surface area (Å²) in [4.78, 5) is 2.45. The van der Waals surface area contributed by atoms with Crippen LogP contribution in [0.5, 0.6) is 0 Å². The molecule has 1 aromatic carbocycles. The van der Waals surface area contributed by atoms with Crippen LogP contribution in [-0.4, -0.2) is 44.3 Å². The minimum Gasteiger partial charge on any atom is -0.380 e. The summed E-state index contributed by atoms with van der Waals surface area (Å²) >= 11 is 0. The summed E-state index contributed by atoms with van der Waals surface area (Å²) in [5.41, 5.74) is 2.80. The molecule has 1 N–H and O–H groups in total. The van der Waals surface area contributed by atoms with Gasteiger partial charge >= 0.3 is 0 Å². The fraction of sp³-hybridized carbons (Fsp3) is 0.647. The van der Waals surface area contributed by atoms with Crippen LogP contribution < -0.4 is 5.32 Å². The number of ether oxygens (including phenoxy) is 1. The minimum atomic E-state index is 0.404. The van der Waals surface area contributed by atoms with Crippen LogP contribution in [0.25, 0.3) is 0 Å². The van der Waals surface area contributed by atoms with E-state index in [0.717, 1.165) is 32.7 Å². The fourth-order valence-corrected chi connectivity index (χ4v) is 2.88. The van der Waals surface area contributed by atoms with Gasteiger partial charge in [-0.2, -0.15) is 0 Å². The van der Waals surface area contributed by atoms with Crippen molar-refractivity contribution in [3.8, 4) is 0 Å². The van der Waals surface area contributed by atoms with Crippen molar-refractivity contribution in [2.45, 2.75) is 38.8 Å². The van der Waals surface area contributed by atoms with Crippen LogP contribution in [0.2, 0.25) is 0 Å². The monoisotopic (exact) mass is 276 g/mol. The number of hydrogen-bond donors (Lipinski definition) is 1. The molecule has 2 atom stereocenters. The van der Waals surface area contributed by atoms with E-state index in [4.69, 9.17) is 4.74 Å². The second kappa shape index (κ2) is 7.77. The van der Waals surface area contributed by atoms with Gasteiger partial charge in [0.25, 0.3) is 0 Å². The van der Waals surface area contributed by atoms with Crippen molar-refractivity contribution in [2.75, 3.05) is 33.4 Å². The maximum Gasteiger partial charge on any atom is 0.0622 e. The number of hydrogen-bond acceptors (Lipinski definition) is 3. The quantitative estimate of drug-likeness (QED) is 0.829. The van der Waals surface area contributed by atoms with Crippen molar-refractivity contribution < 1.29 is 4.74 Å². The van der Waals surface area contributed by atoms with Crippen LogP contribution in [0.1, 0.15) is 36.9 Å². The van der Waals surface area contributed by atoms with Gasteiger partial charge < -0.3 is 10.1 Å². The van der Waals surface area contributed by atoms with E-state index in [0.29, 0.717) is 12.1 Å². The van der Waals surface area contributed by atoms with E-state index in [9.17, 15) is 0 Å². The van der Waals surface area contributed by atoms with Crippen molar-refractivity contribution in [1.82, 2.24) is 10.2 Å². The first-order valence-corrected chi connectivity index (χ1v) is 7.79. The number of nitrogens with zero attached hydrogens (tertiary/aromatic N) is 1. The Labute approximate surface area is 123 Å². The van der Waals surface area contributed by atoms with Gasteiger partial charge in [0, 0.05) is 25.2 Å². The molecule has 1 heterocycles. The lowest BCUT2D eigenvalue weighted by Crippen LogP contribution is -2.39. The maximum atomic E-state index is 5.51. The van der Waals surface area contributed by atoms with E-state index in [1.807, 2.05) is 0 Å². The predicted molar refractivity (Wildman–Crippen MR) is 84.1 cm³/mol. The molecule has 3 heteroatoms. The van der Waals surface area contributed by atoms with E-state index in [2.05, 4.69) is 55.4 Å². The lowest BCUT2D eigenvalue weighted by atomic mass is 10.00. The van der Waals surface area contributed by atoms with Gasteiger partial charge in [0.1, 0.15) is 0 Å². The van der Waals surface area contributed by atoms with Gasteiger partial charge in [0.05, 0.1) is 6.61 Å². The Kier molecular flexibility index (Phi) is 6.02. The second-order valence-electron chi connectivity index (χ2n) is 5.82. The molecule has 0 aromatic heterocycles. The van der Waals surface area contributed by atoms with Crippen LogP contribution in [-0.2, 0) is 4.74 Å². The highest BCUT2D eigenvalue weighted by Gasteiger charge is 2.23. The molecule has 0 radical (unpaired) electrons. The maximum absolute atomic E-state index is 5.51. The van der Waals surface area contributed by atoms with E-state index >= 15 is 0 Å². The summed E-state index contributed by atoms with van der Waals surface area (Å²) in [6.07, 6.45) is 2.32. The molecule has 0 spiro atoms. The summed E-state index contributed by atoms with van der Waals surface area (Å²) in [7, 11) is 2.22. The zero-order valence-electron chi connectivity index (χ0n) is 13.1. The van der Waals surface area contributed by atoms with Crippen molar-refractivity contribution in [3.63, 3.8) is 0 Å². The molecule has 0 aliphatic carbocycles. The van der Waals surface area contributed by atoms with E-state index < -0.39 is 0 Å². The third kappa shape index (κ3) is 4.05. The molecule has 3 nitrogen and oxygen atoms in total. The Hall–Kier alpha value is -0.900. The van der Waals surface area contributed by atoms with Gasteiger partial charge in [-0.3, -0.25) is 4.90 Å². The molecule has 1 aliphatic rings. The third-order valence-corrected chi connectivity index (χ3v) is 4.20. The molecule has 1 aromatic rings. The first-order chi connectivity index (χ1) is 9.72. The largest absolute Gasteiger partial charge is 0.380 e. The van der Waals surface area contributed by atoms with Gasteiger partial charge in [-0.25, -0.2) is 0 Å². The van der Waals surface area contributed by atoms with Crippen LogP contribution in [0.15, 0.2) is 24.3 Å². The van der Waals surface area contributed by atoms with Crippen LogP contribution in [0, 0.1) is 6.92 Å². The van der Waals surface area contributed by atoms with Crippen LogP contribution in [0.3, 0.4) is 0 Å². The molecule has 2 unspecified atom stereocenters. The minimum absolute atomic E-state index is 0.404. The topological polar surface area (TPSA) is 24.5 Å². The highest BCUT2D eigenvalue weighted by molar-refractivity contribution is 5.29. The zero-order chi connectivity index (χ0) is 14.4. The van der Waals surface area contributed by atoms with Crippen molar-refractivity contribution in [1.29, 1.82) is 0 Å². The highest BCUT2D eigenvalue weighted by Crippen LogP contribution is 2.20. The average molecular weight is 276 g/mol. The first-order valence-electron chi connectivity index (χ1n) is 7.79. The molecule has 20 heavy (non-hydrogen) atoms. The Morgan fingerprint density at radius 2 is 2.20 bits per heavy atom. The van der Waals surface area contributed by atoms with Gasteiger partial charge in [-0.15, -0.1) is 0 Å². The number of likely N-dealkylation sites (N-methyl/N-ethyl adjacent to an activating group) is 1. The summed E-state index contributed by atoms with van der Waals surface area (Å²) < 4.78 is 5.51. The summed E-state index contributed by atoms with van der Waals surface area (Å²) in [5.74, 6) is 0. The van der Waals surface area contributed by atoms with Gasteiger partial charge in [0.2, 0.25) is 0 Å². The first kappa shape index (κ1) is 15.5. The van der Waals surface area contributed by atoms with Crippen LogP contribution in [0.4, 0.5) is 0 Å². The standard InChI is InChI=1S/C17H28N2O/c1-4-10-18-17(16-8-6-5-7-14(16)2)12-19(3)15-9-11-20-13-15/h5-8,15,17-18H,4,9-13H2,1-3H3. The number of benzene rings is 1. The fourth-order valence-electron chi connectivity index (χ4n) is 2.88. The molecule has 0 saturated carbocycles. The molecule has 0 bridgehead atoms. The average Bonchev–Trinajstić information content (AvgIpc) is 2.98. The lowest BCUT2D eigenvalue weighted by Gasteiger charge is -2.29. The number of nitrogens with one attached hydrogen (secondary N) is 1. The molecular formula is C17H28N2O. The Balaban J connectivity index is 2.04. The van der Waals surface area contributed by atoms with E-state index in [-0.39, 0.29) is 0 Å². The second-order valence-corrected chi connectivity index (χ2v) is 5.82. The summed E-state index contributed by atoms with van der Waals surface area (Å²) in [6.45, 7) is 8.31. The molecule has 1 saturated heterocycles. The van der Waals surface area contributed by atoms with Gasteiger partial charge in [-0.1, -0.05) is 31.2 Å². The predicted octanol–water partition coefficient (Wildman–Crippen LogP) is 2.76. The van der Waals surface area contributed by atoms with E-state index in [1.165, 1.54) is 17.5 Å². The Morgan fingerprint density at radius 3 is 2.85 bits per heavy atom. The zero-order valence-corrected chi connectivity index (χ0v) is 13.1. The van der Waals surface area contributed by atoms with Crippen molar-refractivity contribution in [2.24, 2.45) is 0 Å². The molecule has 1 fully saturated rings. The number of rotatable bonds is 7. The lowest BCUT2D eigenvalue weighted by molar-refractivity contribution is 0.153. The van der Waals surface area contributed by atoms with Gasteiger partial charge in [-0.05, 0) is 44.5 Å². The molecular weight excluding hydrogens is 248 g/mol. The van der Waals surface area contributed by atoms with Crippen LogP contribution >= 0.6 is 0 Å². The van der Waals surface area contributed by atoms with Crippen molar-refractivity contribution in [3.05, 3.63) is 35.4 Å². The number of aryl methyl sites for hydroxylation is 1. The molecule has 112 valence electrons. The Morgan fingerprint density at radius 1 is 1.40 bits per heavy atom. The highest BCUT2D eigenvalue weighted by atomic mass is 16.5. The SMILES string of the molecule is CCCNC(CN(C)C1CCOC1)c1ccccc1C. The summed E-state index contributed by atoms with van der Waals surface area (Å²) in [5, 5.41) is 3.70.